The molecule has 3 heterocycles. The van der Waals surface area contributed by atoms with E-state index in [1.54, 1.807) is 6.33 Å². The first kappa shape index (κ1) is 22.6. The van der Waals surface area contributed by atoms with Gasteiger partial charge in [0.15, 0.2) is 0 Å². The van der Waals surface area contributed by atoms with E-state index >= 15 is 0 Å². The zero-order chi connectivity index (χ0) is 22.5. The first-order valence-electron chi connectivity index (χ1n) is 12.4. The third-order valence-corrected chi connectivity index (χ3v) is 7.48. The van der Waals surface area contributed by atoms with Crippen molar-refractivity contribution in [1.29, 1.82) is 0 Å². The smallest absolute Gasteiger partial charge is 0.0921 e. The lowest BCUT2D eigenvalue weighted by atomic mass is 9.96. The van der Waals surface area contributed by atoms with Gasteiger partial charge in [0.25, 0.3) is 0 Å². The van der Waals surface area contributed by atoms with Crippen molar-refractivity contribution in [3.05, 3.63) is 82.2 Å². The molecule has 33 heavy (non-hydrogen) atoms. The largest absolute Gasteiger partial charge is 0.348 e. The second-order valence-electron chi connectivity index (χ2n) is 9.41. The topological polar surface area (TPSA) is 48.1 Å². The Morgan fingerprint density at radius 1 is 0.970 bits per heavy atom. The number of fused-ring (bicyclic) bond motifs is 2. The van der Waals surface area contributed by atoms with E-state index in [-0.39, 0.29) is 6.04 Å². The maximum Gasteiger partial charge on any atom is 0.0921 e. The lowest BCUT2D eigenvalue weighted by Crippen LogP contribution is -2.48. The number of halogens is 1. The molecule has 2 aromatic heterocycles. The Bertz CT molecular complexity index is 1030. The molecule has 1 N–H and O–H groups in total. The van der Waals surface area contributed by atoms with E-state index in [1.807, 2.05) is 18.5 Å². The lowest BCUT2D eigenvalue weighted by molar-refractivity contribution is 0.106. The Kier molecular flexibility index (Phi) is 7.40. The van der Waals surface area contributed by atoms with Crippen LogP contribution in [-0.2, 0) is 19.3 Å². The number of imidazole rings is 1. The van der Waals surface area contributed by atoms with Gasteiger partial charge < -0.3 is 9.88 Å². The Hall–Kier alpha value is -2.21. The van der Waals surface area contributed by atoms with Crippen molar-refractivity contribution in [2.45, 2.75) is 51.0 Å². The zero-order valence-electron chi connectivity index (χ0n) is 19.3. The minimum atomic E-state index is 0.237. The van der Waals surface area contributed by atoms with E-state index in [4.69, 9.17) is 16.6 Å². The highest BCUT2D eigenvalue weighted by Gasteiger charge is 2.32. The van der Waals surface area contributed by atoms with Gasteiger partial charge in [0.05, 0.1) is 18.1 Å². The zero-order valence-corrected chi connectivity index (χ0v) is 20.1. The van der Waals surface area contributed by atoms with Crippen molar-refractivity contribution >= 4 is 11.6 Å². The molecule has 0 amide bonds. The van der Waals surface area contributed by atoms with Gasteiger partial charge in [-0.15, -0.1) is 0 Å². The molecule has 0 radical (unpaired) electrons. The highest BCUT2D eigenvalue weighted by atomic mass is 35.5. The standard InChI is InChI=1S/C27H34ClN5/c28-23-10-11-25-22(18-23)9-8-21-6-5-12-30-26(21)27(25)33-16-14-32(15-17-33)13-4-2-1-3-7-24-19-29-20-31-24/h5-6,10-12,18-20,27H,1-4,7-9,13-17H2,(H,29,31). The van der Waals surface area contributed by atoms with E-state index in [2.05, 4.69) is 44.0 Å². The Morgan fingerprint density at radius 2 is 1.82 bits per heavy atom. The molecule has 1 aliphatic heterocycles. The van der Waals surface area contributed by atoms with Crippen LogP contribution in [0.5, 0.6) is 0 Å². The van der Waals surface area contributed by atoms with Gasteiger partial charge in [0, 0.05) is 49.3 Å². The van der Waals surface area contributed by atoms with Crippen LogP contribution in [0.2, 0.25) is 5.02 Å². The molecule has 1 unspecified atom stereocenters. The van der Waals surface area contributed by atoms with E-state index in [1.165, 1.54) is 60.3 Å². The van der Waals surface area contributed by atoms with Crippen molar-refractivity contribution < 1.29 is 0 Å². The van der Waals surface area contributed by atoms with Crippen LogP contribution in [0.4, 0.5) is 0 Å². The number of aromatic nitrogens is 3. The number of aryl methyl sites for hydroxylation is 3. The normalized spacial score (nSPS) is 19.1. The molecule has 0 saturated carbocycles. The summed E-state index contributed by atoms with van der Waals surface area (Å²) in [5.74, 6) is 0. The highest BCUT2D eigenvalue weighted by molar-refractivity contribution is 6.30. The molecule has 6 heteroatoms. The second-order valence-corrected chi connectivity index (χ2v) is 9.85. The molecule has 1 fully saturated rings. The molecule has 2 aliphatic rings. The third-order valence-electron chi connectivity index (χ3n) is 7.25. The Balaban J connectivity index is 1.16. The van der Waals surface area contributed by atoms with Crippen LogP contribution in [0.25, 0.3) is 0 Å². The van der Waals surface area contributed by atoms with Crippen molar-refractivity contribution in [2.24, 2.45) is 0 Å². The summed E-state index contributed by atoms with van der Waals surface area (Å²) in [6, 6.07) is 11.0. The van der Waals surface area contributed by atoms with Crippen LogP contribution in [0.3, 0.4) is 0 Å². The number of hydrogen-bond donors (Lipinski definition) is 1. The Labute approximate surface area is 202 Å². The minimum absolute atomic E-state index is 0.237. The average Bonchev–Trinajstić information content (AvgIpc) is 3.30. The number of rotatable bonds is 8. The van der Waals surface area contributed by atoms with Crippen LogP contribution in [-0.4, -0.2) is 57.5 Å². The summed E-state index contributed by atoms with van der Waals surface area (Å²) >= 11 is 6.36. The molecule has 0 bridgehead atoms. The predicted molar refractivity (Wildman–Crippen MR) is 134 cm³/mol. The number of piperazine rings is 1. The van der Waals surface area contributed by atoms with Crippen molar-refractivity contribution in [3.8, 4) is 0 Å². The van der Waals surface area contributed by atoms with Crippen LogP contribution in [0, 0.1) is 0 Å². The SMILES string of the molecule is Clc1ccc2c(c1)CCc1cccnc1C2N1CCN(CCCCCCc2cnc[nH]2)CC1. The quantitative estimate of drug-likeness (QED) is 0.474. The number of pyridine rings is 1. The van der Waals surface area contributed by atoms with E-state index in [0.717, 1.165) is 50.5 Å². The van der Waals surface area contributed by atoms with Gasteiger partial charge in [-0.2, -0.15) is 0 Å². The molecule has 0 spiro atoms. The molecule has 1 saturated heterocycles. The van der Waals surface area contributed by atoms with E-state index in [0.29, 0.717) is 0 Å². The molecule has 1 aromatic carbocycles. The number of nitrogens with one attached hydrogen (secondary N) is 1. The first-order chi connectivity index (χ1) is 16.3. The number of nitrogens with zero attached hydrogens (tertiary/aromatic N) is 4. The molecule has 5 nitrogen and oxygen atoms in total. The summed E-state index contributed by atoms with van der Waals surface area (Å²) in [4.78, 5) is 17.5. The maximum absolute atomic E-state index is 6.36. The third kappa shape index (κ3) is 5.48. The van der Waals surface area contributed by atoms with Crippen LogP contribution >= 0.6 is 11.6 Å². The summed E-state index contributed by atoms with van der Waals surface area (Å²) in [6.07, 6.45) is 14.0. The predicted octanol–water partition coefficient (Wildman–Crippen LogP) is 5.07. The van der Waals surface area contributed by atoms with Gasteiger partial charge in [-0.3, -0.25) is 9.88 Å². The summed E-state index contributed by atoms with van der Waals surface area (Å²) in [5.41, 5.74) is 6.65. The Morgan fingerprint density at radius 3 is 2.67 bits per heavy atom. The van der Waals surface area contributed by atoms with Gasteiger partial charge in [0.2, 0.25) is 0 Å². The van der Waals surface area contributed by atoms with Gasteiger partial charge in [-0.05, 0) is 73.5 Å². The van der Waals surface area contributed by atoms with Gasteiger partial charge in [-0.1, -0.05) is 36.6 Å². The number of benzene rings is 1. The molecule has 3 aromatic rings. The van der Waals surface area contributed by atoms with Gasteiger partial charge in [0.1, 0.15) is 0 Å². The average molecular weight is 464 g/mol. The number of aromatic amines is 1. The van der Waals surface area contributed by atoms with Gasteiger partial charge in [-0.25, -0.2) is 4.98 Å². The maximum atomic E-state index is 6.36. The van der Waals surface area contributed by atoms with Crippen molar-refractivity contribution in [1.82, 2.24) is 24.8 Å². The van der Waals surface area contributed by atoms with Crippen LogP contribution in [0.15, 0.2) is 49.1 Å². The molecule has 1 aliphatic carbocycles. The minimum Gasteiger partial charge on any atom is -0.348 e. The summed E-state index contributed by atoms with van der Waals surface area (Å²) in [6.45, 7) is 5.65. The molecular formula is C27H34ClN5. The molecule has 5 rings (SSSR count). The second kappa shape index (κ2) is 10.8. The monoisotopic (exact) mass is 463 g/mol. The summed E-state index contributed by atoms with van der Waals surface area (Å²) in [7, 11) is 0. The fourth-order valence-corrected chi connectivity index (χ4v) is 5.62. The fourth-order valence-electron chi connectivity index (χ4n) is 5.42. The molecule has 1 atom stereocenters. The summed E-state index contributed by atoms with van der Waals surface area (Å²) in [5, 5.41) is 0.834. The lowest BCUT2D eigenvalue weighted by Gasteiger charge is -2.39. The number of hydrogen-bond acceptors (Lipinski definition) is 4. The number of H-pyrrole nitrogens is 1. The van der Waals surface area contributed by atoms with Crippen molar-refractivity contribution in [3.63, 3.8) is 0 Å². The van der Waals surface area contributed by atoms with E-state index < -0.39 is 0 Å². The van der Waals surface area contributed by atoms with Crippen LogP contribution < -0.4 is 0 Å². The summed E-state index contributed by atoms with van der Waals surface area (Å²) < 4.78 is 0. The van der Waals surface area contributed by atoms with E-state index in [9.17, 15) is 0 Å². The number of unbranched alkanes of at least 4 members (excludes halogenated alkanes) is 3. The first-order valence-corrected chi connectivity index (χ1v) is 12.8. The molecule has 174 valence electrons. The molecular weight excluding hydrogens is 430 g/mol. The van der Waals surface area contributed by atoms with Gasteiger partial charge >= 0.3 is 0 Å². The fraction of sp³-hybridized carbons (Fsp3) is 0.481. The van der Waals surface area contributed by atoms with Crippen LogP contribution in [0.1, 0.15) is 59.8 Å². The van der Waals surface area contributed by atoms with Crippen molar-refractivity contribution in [2.75, 3.05) is 32.7 Å². The highest BCUT2D eigenvalue weighted by Crippen LogP contribution is 2.37.